The van der Waals surface area contributed by atoms with Gasteiger partial charge in [0.05, 0.1) is 12.4 Å². The fourth-order valence-corrected chi connectivity index (χ4v) is 1.90. The van der Waals surface area contributed by atoms with Crippen molar-refractivity contribution in [2.24, 2.45) is 0 Å². The number of carboxylic acid groups (broad SMARTS) is 1. The van der Waals surface area contributed by atoms with E-state index in [1.54, 1.807) is 6.92 Å². The number of amides is 1. The van der Waals surface area contributed by atoms with Crippen LogP contribution in [-0.2, 0) is 19.4 Å². The molecule has 0 saturated heterocycles. The Bertz CT molecular complexity index is 364. The van der Waals surface area contributed by atoms with E-state index in [0.717, 1.165) is 0 Å². The molecule has 0 aromatic heterocycles. The SMILES string of the molecule is CCOC(=O)NC(CCS(=O)(=O)CC)C(=O)O. The zero-order valence-electron chi connectivity index (χ0n) is 9.80. The number of hydrogen-bond donors (Lipinski definition) is 2. The Morgan fingerprint density at radius 1 is 1.35 bits per heavy atom. The van der Waals surface area contributed by atoms with Gasteiger partial charge in [-0.3, -0.25) is 0 Å². The molecule has 0 heterocycles. The molecule has 0 saturated carbocycles. The Morgan fingerprint density at radius 3 is 2.35 bits per heavy atom. The standard InChI is InChI=1S/C9H17NO6S/c1-3-16-9(13)10-7(8(11)12)5-6-17(14,15)4-2/h7H,3-6H2,1-2H3,(H,10,13)(H,11,12). The molecule has 100 valence electrons. The number of carbonyl (C=O) groups is 2. The van der Waals surface area contributed by atoms with Crippen LogP contribution < -0.4 is 5.32 Å². The van der Waals surface area contributed by atoms with E-state index in [4.69, 9.17) is 5.11 Å². The lowest BCUT2D eigenvalue weighted by atomic mass is 10.2. The highest BCUT2D eigenvalue weighted by atomic mass is 32.2. The first-order chi connectivity index (χ1) is 7.82. The third kappa shape index (κ3) is 6.77. The molecule has 1 unspecified atom stereocenters. The Kier molecular flexibility index (Phi) is 6.55. The van der Waals surface area contributed by atoms with Gasteiger partial charge in [-0.25, -0.2) is 18.0 Å². The van der Waals surface area contributed by atoms with Crippen LogP contribution in [0.5, 0.6) is 0 Å². The van der Waals surface area contributed by atoms with E-state index in [0.29, 0.717) is 0 Å². The highest BCUT2D eigenvalue weighted by Crippen LogP contribution is 2.00. The van der Waals surface area contributed by atoms with Gasteiger partial charge in [-0.05, 0) is 13.3 Å². The number of ether oxygens (including phenoxy) is 1. The van der Waals surface area contributed by atoms with Crippen LogP contribution in [0.3, 0.4) is 0 Å². The number of nitrogens with one attached hydrogen (secondary N) is 1. The summed E-state index contributed by atoms with van der Waals surface area (Å²) in [5.41, 5.74) is 0. The Balaban J connectivity index is 4.36. The molecule has 0 rings (SSSR count). The first kappa shape index (κ1) is 15.7. The van der Waals surface area contributed by atoms with Crippen molar-refractivity contribution in [1.29, 1.82) is 0 Å². The average Bonchev–Trinajstić information content (AvgIpc) is 2.24. The summed E-state index contributed by atoms with van der Waals surface area (Å²) in [6, 6.07) is -1.25. The van der Waals surface area contributed by atoms with Gasteiger partial charge in [-0.2, -0.15) is 0 Å². The monoisotopic (exact) mass is 267 g/mol. The molecule has 2 N–H and O–H groups in total. The molecule has 1 atom stereocenters. The van der Waals surface area contributed by atoms with E-state index in [1.165, 1.54) is 6.92 Å². The second-order valence-corrected chi connectivity index (χ2v) is 5.75. The predicted octanol–water partition coefficient (Wildman–Crippen LogP) is 0.0105. The predicted molar refractivity (Wildman–Crippen MR) is 60.5 cm³/mol. The second-order valence-electron chi connectivity index (χ2n) is 3.28. The number of carbonyl (C=O) groups excluding carboxylic acids is 1. The van der Waals surface area contributed by atoms with Gasteiger partial charge in [0.15, 0.2) is 0 Å². The van der Waals surface area contributed by atoms with Gasteiger partial charge in [-0.1, -0.05) is 6.92 Å². The maximum Gasteiger partial charge on any atom is 0.407 e. The van der Waals surface area contributed by atoms with Gasteiger partial charge in [0.2, 0.25) is 0 Å². The van der Waals surface area contributed by atoms with Crippen LogP contribution >= 0.6 is 0 Å². The number of sulfone groups is 1. The molecule has 0 bridgehead atoms. The summed E-state index contributed by atoms with van der Waals surface area (Å²) in [7, 11) is -3.25. The van der Waals surface area contributed by atoms with Crippen LogP contribution in [0.1, 0.15) is 20.3 Å². The van der Waals surface area contributed by atoms with Gasteiger partial charge in [0.1, 0.15) is 15.9 Å². The first-order valence-corrected chi connectivity index (χ1v) is 7.01. The lowest BCUT2D eigenvalue weighted by Gasteiger charge is -2.13. The third-order valence-electron chi connectivity index (χ3n) is 2.02. The van der Waals surface area contributed by atoms with Crippen LogP contribution in [0.4, 0.5) is 4.79 Å². The smallest absolute Gasteiger partial charge is 0.407 e. The minimum absolute atomic E-state index is 0.0568. The summed E-state index contributed by atoms with van der Waals surface area (Å²) in [6.07, 6.45) is -1.04. The highest BCUT2D eigenvalue weighted by Gasteiger charge is 2.22. The van der Waals surface area contributed by atoms with E-state index < -0.39 is 27.9 Å². The fourth-order valence-electron chi connectivity index (χ4n) is 1.01. The normalized spacial score (nSPS) is 12.8. The Morgan fingerprint density at radius 2 is 1.94 bits per heavy atom. The molecule has 7 nitrogen and oxygen atoms in total. The van der Waals surface area contributed by atoms with Gasteiger partial charge >= 0.3 is 12.1 Å². The molecule has 1 amide bonds. The number of hydrogen-bond acceptors (Lipinski definition) is 5. The lowest BCUT2D eigenvalue weighted by Crippen LogP contribution is -2.42. The quantitative estimate of drug-likeness (QED) is 0.672. The first-order valence-electron chi connectivity index (χ1n) is 5.19. The minimum atomic E-state index is -3.25. The molecule has 0 aliphatic heterocycles. The van der Waals surface area contributed by atoms with Crippen molar-refractivity contribution in [2.45, 2.75) is 26.3 Å². The minimum Gasteiger partial charge on any atom is -0.480 e. The highest BCUT2D eigenvalue weighted by molar-refractivity contribution is 7.91. The van der Waals surface area contributed by atoms with E-state index in [1.807, 2.05) is 0 Å². The molecule has 8 heteroatoms. The molecule has 17 heavy (non-hydrogen) atoms. The average molecular weight is 267 g/mol. The zero-order valence-corrected chi connectivity index (χ0v) is 10.6. The fraction of sp³-hybridized carbons (Fsp3) is 0.778. The van der Waals surface area contributed by atoms with Crippen LogP contribution in [0.2, 0.25) is 0 Å². The van der Waals surface area contributed by atoms with E-state index in [2.05, 4.69) is 10.1 Å². The van der Waals surface area contributed by atoms with Gasteiger partial charge < -0.3 is 15.2 Å². The molecule has 0 radical (unpaired) electrons. The summed E-state index contributed by atoms with van der Waals surface area (Å²) in [5.74, 6) is -1.63. The molecule has 0 aromatic rings. The van der Waals surface area contributed by atoms with Gasteiger partial charge in [0, 0.05) is 5.75 Å². The summed E-state index contributed by atoms with van der Waals surface area (Å²) in [6.45, 7) is 3.17. The summed E-state index contributed by atoms with van der Waals surface area (Å²) in [4.78, 5) is 21.8. The van der Waals surface area contributed by atoms with Crippen molar-refractivity contribution in [3.63, 3.8) is 0 Å². The van der Waals surface area contributed by atoms with Crippen LogP contribution in [0.15, 0.2) is 0 Å². The summed E-state index contributed by atoms with van der Waals surface area (Å²) in [5, 5.41) is 10.9. The molecular formula is C9H17NO6S. The van der Waals surface area contributed by atoms with Crippen LogP contribution in [0.25, 0.3) is 0 Å². The zero-order chi connectivity index (χ0) is 13.5. The van der Waals surface area contributed by atoms with Crippen molar-refractivity contribution in [3.05, 3.63) is 0 Å². The van der Waals surface area contributed by atoms with Gasteiger partial charge in [0.25, 0.3) is 0 Å². The van der Waals surface area contributed by atoms with Crippen molar-refractivity contribution >= 4 is 21.9 Å². The molecular weight excluding hydrogens is 250 g/mol. The number of carboxylic acids is 1. The maximum absolute atomic E-state index is 11.2. The molecule has 0 aliphatic carbocycles. The molecule has 0 spiro atoms. The Hall–Kier alpha value is -1.31. The molecule has 0 aliphatic rings. The third-order valence-corrected chi connectivity index (χ3v) is 3.76. The maximum atomic E-state index is 11.2. The van der Waals surface area contributed by atoms with Crippen LogP contribution in [-0.4, -0.2) is 49.7 Å². The Labute approximate surface area is 100 Å². The summed E-state index contributed by atoms with van der Waals surface area (Å²) >= 11 is 0. The summed E-state index contributed by atoms with van der Waals surface area (Å²) < 4.78 is 26.9. The van der Waals surface area contributed by atoms with E-state index in [9.17, 15) is 18.0 Å². The van der Waals surface area contributed by atoms with Crippen molar-refractivity contribution in [3.8, 4) is 0 Å². The van der Waals surface area contributed by atoms with Gasteiger partial charge in [-0.15, -0.1) is 0 Å². The number of alkyl carbamates (subject to hydrolysis) is 1. The second kappa shape index (κ2) is 7.10. The van der Waals surface area contributed by atoms with Crippen molar-refractivity contribution in [2.75, 3.05) is 18.1 Å². The topological polar surface area (TPSA) is 110 Å². The molecule has 0 aromatic carbocycles. The van der Waals surface area contributed by atoms with Crippen molar-refractivity contribution < 1.29 is 27.9 Å². The van der Waals surface area contributed by atoms with E-state index >= 15 is 0 Å². The number of aliphatic carboxylic acids is 1. The largest absolute Gasteiger partial charge is 0.480 e. The number of rotatable bonds is 7. The van der Waals surface area contributed by atoms with Crippen LogP contribution in [0, 0.1) is 0 Å². The molecule has 0 fully saturated rings. The van der Waals surface area contributed by atoms with Crippen molar-refractivity contribution in [1.82, 2.24) is 5.32 Å². The lowest BCUT2D eigenvalue weighted by molar-refractivity contribution is -0.139. The van der Waals surface area contributed by atoms with E-state index in [-0.39, 0.29) is 24.5 Å².